The number of nitrogens with one attached hydrogen (secondary N) is 2. The lowest BCUT2D eigenvalue weighted by Gasteiger charge is -2.17. The molecule has 1 aromatic rings. The van der Waals surface area contributed by atoms with E-state index in [-0.39, 0.29) is 36.0 Å². The number of aliphatic imine (C=N–C) groups is 1. The summed E-state index contributed by atoms with van der Waals surface area (Å²) in [6.45, 7) is 11.1. The second-order valence-electron chi connectivity index (χ2n) is 5.40. The van der Waals surface area contributed by atoms with E-state index in [1.165, 1.54) is 11.3 Å². The minimum atomic E-state index is -0.307. The molecule has 6 nitrogen and oxygen atoms in total. The van der Waals surface area contributed by atoms with Gasteiger partial charge in [0.05, 0.1) is 18.3 Å². The molecule has 2 N–H and O–H groups in total. The summed E-state index contributed by atoms with van der Waals surface area (Å²) in [7, 11) is 1.74. The van der Waals surface area contributed by atoms with Crippen molar-refractivity contribution in [3.63, 3.8) is 0 Å². The van der Waals surface area contributed by atoms with Gasteiger partial charge in [0.2, 0.25) is 0 Å². The van der Waals surface area contributed by atoms with Crippen LogP contribution in [0.25, 0.3) is 0 Å². The Morgan fingerprint density at radius 1 is 1.39 bits per heavy atom. The summed E-state index contributed by atoms with van der Waals surface area (Å²) in [6, 6.07) is -0.0368. The van der Waals surface area contributed by atoms with Crippen LogP contribution >= 0.6 is 35.3 Å². The predicted molar refractivity (Wildman–Crippen MR) is 106 cm³/mol. The van der Waals surface area contributed by atoms with E-state index in [0.29, 0.717) is 23.1 Å². The lowest BCUT2D eigenvalue weighted by atomic mass is 10.2. The van der Waals surface area contributed by atoms with E-state index >= 15 is 0 Å². The van der Waals surface area contributed by atoms with Gasteiger partial charge in [-0.3, -0.25) is 4.99 Å². The highest BCUT2D eigenvalue weighted by molar-refractivity contribution is 14.0. The molecule has 0 aliphatic rings. The lowest BCUT2D eigenvalue weighted by Crippen LogP contribution is -2.40. The highest BCUT2D eigenvalue weighted by Gasteiger charge is 2.20. The topological polar surface area (TPSA) is 75.6 Å². The molecule has 0 fully saturated rings. The molecule has 0 amide bonds. The molecular formula is C15H27IN4O2S. The number of hydrogen-bond acceptors (Lipinski definition) is 5. The summed E-state index contributed by atoms with van der Waals surface area (Å²) in [6.07, 6.45) is 0. The van der Waals surface area contributed by atoms with Crippen LogP contribution in [-0.4, -0.2) is 37.1 Å². The fraction of sp³-hybridized carbons (Fsp3) is 0.667. The van der Waals surface area contributed by atoms with Gasteiger partial charge in [-0.05, 0) is 26.7 Å². The van der Waals surface area contributed by atoms with Gasteiger partial charge in [-0.15, -0.1) is 35.3 Å². The maximum Gasteiger partial charge on any atom is 0.350 e. The molecule has 1 aromatic heterocycles. The molecule has 0 bridgehead atoms. The summed E-state index contributed by atoms with van der Waals surface area (Å²) < 4.78 is 5.04. The van der Waals surface area contributed by atoms with Crippen LogP contribution < -0.4 is 10.6 Å². The number of esters is 1. The predicted octanol–water partition coefficient (Wildman–Crippen LogP) is 3.13. The van der Waals surface area contributed by atoms with Crippen LogP contribution in [-0.2, 0) is 4.74 Å². The molecule has 0 spiro atoms. The standard InChI is InChI=1S/C15H26N4O2S.HI/c1-7-21-14(20)12-10(4)18-13(22-12)11(5)19-15(16-6)17-8-9(2)3;/h9,11H,7-8H2,1-6H3,(H2,16,17,19);1H. The number of guanidine groups is 1. The molecule has 0 radical (unpaired) electrons. The molecule has 23 heavy (non-hydrogen) atoms. The Morgan fingerprint density at radius 2 is 2.04 bits per heavy atom. The Kier molecular flexibility index (Phi) is 10.4. The van der Waals surface area contributed by atoms with Gasteiger partial charge in [-0.25, -0.2) is 9.78 Å². The average Bonchev–Trinajstić information content (AvgIpc) is 2.85. The van der Waals surface area contributed by atoms with E-state index in [9.17, 15) is 4.79 Å². The monoisotopic (exact) mass is 454 g/mol. The first kappa shape index (κ1) is 22.1. The Labute approximate surface area is 159 Å². The fourth-order valence-electron chi connectivity index (χ4n) is 1.75. The number of rotatable bonds is 6. The summed E-state index contributed by atoms with van der Waals surface area (Å²) in [5.41, 5.74) is 0.706. The SMILES string of the molecule is CCOC(=O)c1sc(C(C)NC(=NC)NCC(C)C)nc1C.I. The van der Waals surface area contributed by atoms with Gasteiger partial charge >= 0.3 is 5.97 Å². The normalized spacial score (nSPS) is 12.6. The largest absolute Gasteiger partial charge is 0.462 e. The molecule has 132 valence electrons. The molecule has 0 aliphatic heterocycles. The van der Waals surface area contributed by atoms with E-state index < -0.39 is 0 Å². The first-order chi connectivity index (χ1) is 10.4. The fourth-order valence-corrected chi connectivity index (χ4v) is 2.71. The zero-order valence-electron chi connectivity index (χ0n) is 14.6. The quantitative estimate of drug-likeness (QED) is 0.299. The maximum absolute atomic E-state index is 11.8. The van der Waals surface area contributed by atoms with Crippen molar-refractivity contribution in [2.75, 3.05) is 20.2 Å². The van der Waals surface area contributed by atoms with Crippen LogP contribution in [0.1, 0.15) is 54.1 Å². The van der Waals surface area contributed by atoms with Gasteiger partial charge < -0.3 is 15.4 Å². The van der Waals surface area contributed by atoms with E-state index in [1.54, 1.807) is 14.0 Å². The van der Waals surface area contributed by atoms with Gasteiger partial charge in [0.1, 0.15) is 9.88 Å². The number of aryl methyl sites for hydroxylation is 1. The van der Waals surface area contributed by atoms with Gasteiger partial charge in [-0.2, -0.15) is 0 Å². The van der Waals surface area contributed by atoms with Crippen LogP contribution in [0.5, 0.6) is 0 Å². The highest BCUT2D eigenvalue weighted by atomic mass is 127. The van der Waals surface area contributed by atoms with Crippen molar-refractivity contribution < 1.29 is 9.53 Å². The van der Waals surface area contributed by atoms with Gasteiger partial charge in [-0.1, -0.05) is 13.8 Å². The molecule has 0 aliphatic carbocycles. The molecule has 0 saturated heterocycles. The summed E-state index contributed by atoms with van der Waals surface area (Å²) in [4.78, 5) is 21.1. The van der Waals surface area contributed by atoms with Crippen LogP contribution in [0.2, 0.25) is 0 Å². The third kappa shape index (κ3) is 7.03. The molecular weight excluding hydrogens is 427 g/mol. The van der Waals surface area contributed by atoms with Crippen LogP contribution in [0.4, 0.5) is 0 Å². The Hall–Kier alpha value is -0.900. The van der Waals surface area contributed by atoms with Crippen LogP contribution in [0.15, 0.2) is 4.99 Å². The first-order valence-corrected chi connectivity index (χ1v) is 8.32. The number of nitrogens with zero attached hydrogens (tertiary/aromatic N) is 2. The van der Waals surface area contributed by atoms with E-state index in [4.69, 9.17) is 4.74 Å². The van der Waals surface area contributed by atoms with Crippen molar-refractivity contribution in [1.82, 2.24) is 15.6 Å². The number of hydrogen-bond donors (Lipinski definition) is 2. The number of halogens is 1. The van der Waals surface area contributed by atoms with Crippen molar-refractivity contribution >= 4 is 47.2 Å². The van der Waals surface area contributed by atoms with E-state index in [0.717, 1.165) is 17.5 Å². The van der Waals surface area contributed by atoms with Crippen molar-refractivity contribution in [2.45, 2.75) is 40.7 Å². The smallest absolute Gasteiger partial charge is 0.350 e. The van der Waals surface area contributed by atoms with E-state index in [1.807, 2.05) is 13.8 Å². The maximum atomic E-state index is 11.8. The zero-order valence-corrected chi connectivity index (χ0v) is 17.7. The molecule has 8 heteroatoms. The number of ether oxygens (including phenoxy) is 1. The molecule has 1 rings (SSSR count). The molecule has 0 saturated carbocycles. The Balaban J connectivity index is 0.00000484. The average molecular weight is 454 g/mol. The lowest BCUT2D eigenvalue weighted by molar-refractivity contribution is 0.0531. The minimum Gasteiger partial charge on any atom is -0.462 e. The van der Waals surface area contributed by atoms with E-state index in [2.05, 4.69) is 34.5 Å². The molecule has 0 aromatic carbocycles. The van der Waals surface area contributed by atoms with Crippen molar-refractivity contribution in [1.29, 1.82) is 0 Å². The molecule has 1 unspecified atom stereocenters. The third-order valence-corrected chi connectivity index (χ3v) is 4.22. The summed E-state index contributed by atoms with van der Waals surface area (Å²) in [5, 5.41) is 7.38. The summed E-state index contributed by atoms with van der Waals surface area (Å²) in [5.74, 6) is 0.955. The number of carbonyl (C=O) groups excluding carboxylic acids is 1. The highest BCUT2D eigenvalue weighted by Crippen LogP contribution is 2.24. The minimum absolute atomic E-state index is 0. The van der Waals surface area contributed by atoms with Crippen molar-refractivity contribution in [3.05, 3.63) is 15.6 Å². The van der Waals surface area contributed by atoms with Gasteiger partial charge in [0, 0.05) is 13.6 Å². The first-order valence-electron chi connectivity index (χ1n) is 7.50. The number of aromatic nitrogens is 1. The Morgan fingerprint density at radius 3 is 2.57 bits per heavy atom. The van der Waals surface area contributed by atoms with Crippen molar-refractivity contribution in [2.24, 2.45) is 10.9 Å². The molecule has 1 heterocycles. The Bertz CT molecular complexity index is 532. The number of carbonyl (C=O) groups is 1. The third-order valence-electron chi connectivity index (χ3n) is 2.90. The zero-order chi connectivity index (χ0) is 16.7. The van der Waals surface area contributed by atoms with Crippen molar-refractivity contribution in [3.8, 4) is 0 Å². The second-order valence-corrected chi connectivity index (χ2v) is 6.43. The van der Waals surface area contributed by atoms with Crippen LogP contribution in [0.3, 0.4) is 0 Å². The summed E-state index contributed by atoms with van der Waals surface area (Å²) >= 11 is 1.36. The number of thiazole rings is 1. The molecule has 1 atom stereocenters. The van der Waals surface area contributed by atoms with Gasteiger partial charge in [0.25, 0.3) is 0 Å². The van der Waals surface area contributed by atoms with Crippen LogP contribution in [0, 0.1) is 12.8 Å². The van der Waals surface area contributed by atoms with Gasteiger partial charge in [0.15, 0.2) is 5.96 Å². The second kappa shape index (κ2) is 10.8.